The molecule has 0 aromatic heterocycles. The molecule has 4 heteroatoms. The van der Waals surface area contributed by atoms with E-state index < -0.39 is 0 Å². The van der Waals surface area contributed by atoms with Crippen LogP contribution in [-0.2, 0) is 4.74 Å². The van der Waals surface area contributed by atoms with E-state index in [1.165, 1.54) is 11.3 Å². The lowest BCUT2D eigenvalue weighted by Crippen LogP contribution is -2.25. The maximum Gasteiger partial charge on any atom is 0.119 e. The van der Waals surface area contributed by atoms with Crippen LogP contribution in [0.15, 0.2) is 29.2 Å². The van der Waals surface area contributed by atoms with Crippen LogP contribution in [0.5, 0.6) is 5.75 Å². The summed E-state index contributed by atoms with van der Waals surface area (Å²) in [5, 5.41) is 3.30. The van der Waals surface area contributed by atoms with Gasteiger partial charge in [0.2, 0.25) is 0 Å². The molecule has 0 radical (unpaired) electrons. The summed E-state index contributed by atoms with van der Waals surface area (Å²) in [5.41, 5.74) is 0. The second-order valence-corrected chi connectivity index (χ2v) is 5.12. The molecular formula is C15H25NO2S. The quantitative estimate of drug-likeness (QED) is 0.499. The second kappa shape index (κ2) is 11.1. The van der Waals surface area contributed by atoms with Crippen molar-refractivity contribution in [2.24, 2.45) is 0 Å². The molecule has 108 valence electrons. The Morgan fingerprint density at radius 1 is 1.05 bits per heavy atom. The minimum absolute atomic E-state index is 0.688. The van der Waals surface area contributed by atoms with Crippen molar-refractivity contribution in [2.75, 3.05) is 39.2 Å². The fraction of sp³-hybridized carbons (Fsp3) is 0.600. The molecule has 1 aromatic carbocycles. The smallest absolute Gasteiger partial charge is 0.119 e. The number of nitrogens with one attached hydrogen (secondary N) is 1. The minimum atomic E-state index is 0.688. The third kappa shape index (κ3) is 8.14. The number of ether oxygens (including phenoxy) is 2. The molecular weight excluding hydrogens is 258 g/mol. The zero-order chi connectivity index (χ0) is 13.8. The highest BCUT2D eigenvalue weighted by atomic mass is 32.2. The summed E-state index contributed by atoms with van der Waals surface area (Å²) in [4.78, 5) is 1.26. The van der Waals surface area contributed by atoms with Gasteiger partial charge >= 0.3 is 0 Å². The molecule has 0 spiro atoms. The number of benzene rings is 1. The molecule has 19 heavy (non-hydrogen) atoms. The predicted octanol–water partition coefficient (Wildman–Crippen LogP) is 3.19. The lowest BCUT2D eigenvalue weighted by atomic mass is 10.3. The van der Waals surface area contributed by atoms with E-state index in [0.717, 1.165) is 38.5 Å². The molecule has 0 aliphatic heterocycles. The van der Waals surface area contributed by atoms with Crippen LogP contribution in [0.4, 0.5) is 0 Å². The van der Waals surface area contributed by atoms with E-state index in [1.54, 1.807) is 11.8 Å². The van der Waals surface area contributed by atoms with Crippen LogP contribution >= 0.6 is 11.8 Å². The maximum absolute atomic E-state index is 5.64. The van der Waals surface area contributed by atoms with Crippen LogP contribution in [-0.4, -0.2) is 39.2 Å². The van der Waals surface area contributed by atoms with Crippen molar-refractivity contribution in [2.45, 2.75) is 24.7 Å². The van der Waals surface area contributed by atoms with E-state index in [9.17, 15) is 0 Å². The Hall–Kier alpha value is -0.710. The van der Waals surface area contributed by atoms with Gasteiger partial charge in [-0.2, -0.15) is 0 Å². The summed E-state index contributed by atoms with van der Waals surface area (Å²) >= 11 is 1.74. The standard InChI is InChI=1S/C15H25NO2S/c1-3-4-11-17-12-9-16-10-13-18-14-5-7-15(19-2)8-6-14/h5-8,16H,3-4,9-13H2,1-2H3. The third-order valence-electron chi connectivity index (χ3n) is 2.67. The number of hydrogen-bond acceptors (Lipinski definition) is 4. The van der Waals surface area contributed by atoms with Gasteiger partial charge in [0.15, 0.2) is 0 Å². The summed E-state index contributed by atoms with van der Waals surface area (Å²) < 4.78 is 11.1. The minimum Gasteiger partial charge on any atom is -0.492 e. The van der Waals surface area contributed by atoms with E-state index in [0.29, 0.717) is 6.61 Å². The van der Waals surface area contributed by atoms with Crippen LogP contribution < -0.4 is 10.1 Å². The van der Waals surface area contributed by atoms with Gasteiger partial charge in [-0.15, -0.1) is 11.8 Å². The Balaban J connectivity index is 1.95. The summed E-state index contributed by atoms with van der Waals surface area (Å²) in [6.45, 7) is 6.25. The normalized spacial score (nSPS) is 10.6. The van der Waals surface area contributed by atoms with E-state index in [2.05, 4.69) is 30.6 Å². The van der Waals surface area contributed by atoms with Crippen LogP contribution in [0.2, 0.25) is 0 Å². The molecule has 0 unspecified atom stereocenters. The van der Waals surface area contributed by atoms with E-state index in [4.69, 9.17) is 9.47 Å². The van der Waals surface area contributed by atoms with Crippen molar-refractivity contribution in [3.63, 3.8) is 0 Å². The summed E-state index contributed by atoms with van der Waals surface area (Å²) in [5.74, 6) is 0.929. The number of thioether (sulfide) groups is 1. The second-order valence-electron chi connectivity index (χ2n) is 4.24. The molecule has 0 aliphatic carbocycles. The molecule has 0 amide bonds. The highest BCUT2D eigenvalue weighted by Gasteiger charge is 1.94. The molecule has 1 N–H and O–H groups in total. The fourth-order valence-corrected chi connectivity index (χ4v) is 1.94. The van der Waals surface area contributed by atoms with Gasteiger partial charge in [-0.1, -0.05) is 13.3 Å². The molecule has 0 heterocycles. The summed E-state index contributed by atoms with van der Waals surface area (Å²) in [6.07, 6.45) is 4.41. The van der Waals surface area contributed by atoms with Crippen LogP contribution in [0.1, 0.15) is 19.8 Å². The van der Waals surface area contributed by atoms with Crippen LogP contribution in [0.25, 0.3) is 0 Å². The van der Waals surface area contributed by atoms with Gasteiger partial charge in [0.1, 0.15) is 12.4 Å². The number of rotatable bonds is 11. The van der Waals surface area contributed by atoms with Gasteiger partial charge in [-0.05, 0) is 36.9 Å². The van der Waals surface area contributed by atoms with Gasteiger partial charge in [-0.3, -0.25) is 0 Å². The molecule has 0 saturated heterocycles. The Kier molecular flexibility index (Phi) is 9.59. The predicted molar refractivity (Wildman–Crippen MR) is 82.3 cm³/mol. The molecule has 1 aromatic rings. The third-order valence-corrected chi connectivity index (χ3v) is 3.42. The Bertz CT molecular complexity index is 316. The maximum atomic E-state index is 5.64. The molecule has 0 bridgehead atoms. The monoisotopic (exact) mass is 283 g/mol. The molecule has 0 aliphatic rings. The first kappa shape index (κ1) is 16.3. The van der Waals surface area contributed by atoms with Crippen molar-refractivity contribution >= 4 is 11.8 Å². The van der Waals surface area contributed by atoms with E-state index in [-0.39, 0.29) is 0 Å². The summed E-state index contributed by atoms with van der Waals surface area (Å²) in [6, 6.07) is 8.18. The van der Waals surface area contributed by atoms with Gasteiger partial charge in [0, 0.05) is 24.6 Å². The number of hydrogen-bond donors (Lipinski definition) is 1. The van der Waals surface area contributed by atoms with Crippen molar-refractivity contribution in [1.82, 2.24) is 5.32 Å². The SMILES string of the molecule is CCCCOCCNCCOc1ccc(SC)cc1. The topological polar surface area (TPSA) is 30.5 Å². The lowest BCUT2D eigenvalue weighted by molar-refractivity contribution is 0.132. The molecule has 0 saturated carbocycles. The highest BCUT2D eigenvalue weighted by molar-refractivity contribution is 7.98. The molecule has 1 rings (SSSR count). The molecule has 3 nitrogen and oxygen atoms in total. The first-order valence-electron chi connectivity index (χ1n) is 6.92. The first-order valence-corrected chi connectivity index (χ1v) is 8.14. The first-order chi connectivity index (χ1) is 9.36. The zero-order valence-corrected chi connectivity index (χ0v) is 12.8. The Morgan fingerprint density at radius 3 is 2.47 bits per heavy atom. The van der Waals surface area contributed by atoms with Crippen LogP contribution in [0.3, 0.4) is 0 Å². The Labute approximate surface area is 121 Å². The van der Waals surface area contributed by atoms with Gasteiger partial charge in [0.25, 0.3) is 0 Å². The van der Waals surface area contributed by atoms with Gasteiger partial charge in [-0.25, -0.2) is 0 Å². The van der Waals surface area contributed by atoms with Gasteiger partial charge < -0.3 is 14.8 Å². The van der Waals surface area contributed by atoms with Crippen LogP contribution in [0, 0.1) is 0 Å². The van der Waals surface area contributed by atoms with Crippen molar-refractivity contribution in [3.05, 3.63) is 24.3 Å². The average Bonchev–Trinajstić information content (AvgIpc) is 2.46. The average molecular weight is 283 g/mol. The molecule has 0 fully saturated rings. The Morgan fingerprint density at radius 2 is 1.79 bits per heavy atom. The largest absolute Gasteiger partial charge is 0.492 e. The molecule has 0 atom stereocenters. The fourth-order valence-electron chi connectivity index (χ4n) is 1.53. The summed E-state index contributed by atoms with van der Waals surface area (Å²) in [7, 11) is 0. The van der Waals surface area contributed by atoms with Gasteiger partial charge in [0.05, 0.1) is 6.61 Å². The van der Waals surface area contributed by atoms with E-state index >= 15 is 0 Å². The van der Waals surface area contributed by atoms with Crippen molar-refractivity contribution in [3.8, 4) is 5.75 Å². The lowest BCUT2D eigenvalue weighted by Gasteiger charge is -2.08. The van der Waals surface area contributed by atoms with Crippen molar-refractivity contribution < 1.29 is 9.47 Å². The zero-order valence-electron chi connectivity index (χ0n) is 12.0. The van der Waals surface area contributed by atoms with E-state index in [1.807, 2.05) is 12.1 Å². The highest BCUT2D eigenvalue weighted by Crippen LogP contribution is 2.18. The number of unbranched alkanes of at least 4 members (excludes halogenated alkanes) is 1. The van der Waals surface area contributed by atoms with Crippen molar-refractivity contribution in [1.29, 1.82) is 0 Å².